The van der Waals surface area contributed by atoms with Gasteiger partial charge in [0.05, 0.1) is 0 Å². The lowest BCUT2D eigenvalue weighted by Crippen LogP contribution is -2.41. The van der Waals surface area contributed by atoms with Crippen LogP contribution in [0.1, 0.15) is 26.7 Å². The second-order valence-electron chi connectivity index (χ2n) is 5.23. The Labute approximate surface area is 108 Å². The number of aromatic nitrogens is 1. The third-order valence-electron chi connectivity index (χ3n) is 3.70. The van der Waals surface area contributed by atoms with Crippen molar-refractivity contribution in [3.63, 3.8) is 0 Å². The quantitative estimate of drug-likeness (QED) is 0.873. The van der Waals surface area contributed by atoms with Crippen LogP contribution in [0.2, 0.25) is 0 Å². The SMILES string of the molecule is CC(C)C1CCN(C(=O)Nc2ccncc2)CC1. The summed E-state index contributed by atoms with van der Waals surface area (Å²) in [4.78, 5) is 17.9. The summed E-state index contributed by atoms with van der Waals surface area (Å²) in [7, 11) is 0. The first-order valence-corrected chi connectivity index (χ1v) is 6.63. The maximum absolute atomic E-state index is 12.0. The average Bonchev–Trinajstić information content (AvgIpc) is 2.40. The molecule has 2 heterocycles. The van der Waals surface area contributed by atoms with Crippen LogP contribution in [-0.4, -0.2) is 29.0 Å². The second-order valence-corrected chi connectivity index (χ2v) is 5.23. The van der Waals surface area contributed by atoms with Gasteiger partial charge in [0.15, 0.2) is 0 Å². The van der Waals surface area contributed by atoms with Gasteiger partial charge in [-0.3, -0.25) is 4.98 Å². The lowest BCUT2D eigenvalue weighted by Gasteiger charge is -2.33. The normalized spacial score (nSPS) is 16.9. The summed E-state index contributed by atoms with van der Waals surface area (Å²) in [5.74, 6) is 1.48. The van der Waals surface area contributed by atoms with Gasteiger partial charge in [0, 0.05) is 31.2 Å². The highest BCUT2D eigenvalue weighted by molar-refractivity contribution is 5.89. The molecule has 1 fully saturated rings. The molecule has 18 heavy (non-hydrogen) atoms. The van der Waals surface area contributed by atoms with Crippen LogP contribution in [-0.2, 0) is 0 Å². The van der Waals surface area contributed by atoms with Crippen molar-refractivity contribution in [3.05, 3.63) is 24.5 Å². The number of pyridine rings is 1. The van der Waals surface area contributed by atoms with Crippen molar-refractivity contribution >= 4 is 11.7 Å². The molecule has 4 heteroatoms. The van der Waals surface area contributed by atoms with Gasteiger partial charge in [-0.15, -0.1) is 0 Å². The van der Waals surface area contributed by atoms with Crippen LogP contribution >= 0.6 is 0 Å². The van der Waals surface area contributed by atoms with Crippen LogP contribution in [0.4, 0.5) is 10.5 Å². The minimum absolute atomic E-state index is 0.00315. The number of nitrogens with one attached hydrogen (secondary N) is 1. The number of hydrogen-bond donors (Lipinski definition) is 1. The predicted octanol–water partition coefficient (Wildman–Crippen LogP) is 2.98. The van der Waals surface area contributed by atoms with E-state index in [2.05, 4.69) is 24.1 Å². The molecule has 2 amide bonds. The van der Waals surface area contributed by atoms with Gasteiger partial charge in [-0.25, -0.2) is 4.79 Å². The first-order valence-electron chi connectivity index (χ1n) is 6.63. The van der Waals surface area contributed by atoms with Gasteiger partial charge >= 0.3 is 6.03 Å². The maximum Gasteiger partial charge on any atom is 0.321 e. The highest BCUT2D eigenvalue weighted by atomic mass is 16.2. The van der Waals surface area contributed by atoms with Crippen molar-refractivity contribution in [2.45, 2.75) is 26.7 Å². The van der Waals surface area contributed by atoms with E-state index < -0.39 is 0 Å². The third kappa shape index (κ3) is 3.22. The number of carbonyl (C=O) groups is 1. The topological polar surface area (TPSA) is 45.2 Å². The van der Waals surface area contributed by atoms with E-state index in [0.717, 1.165) is 43.5 Å². The van der Waals surface area contributed by atoms with Crippen LogP contribution in [0.3, 0.4) is 0 Å². The summed E-state index contributed by atoms with van der Waals surface area (Å²) in [5.41, 5.74) is 0.806. The van der Waals surface area contributed by atoms with Gasteiger partial charge in [0.2, 0.25) is 0 Å². The number of anilines is 1. The Morgan fingerprint density at radius 1 is 1.33 bits per heavy atom. The number of nitrogens with zero attached hydrogens (tertiary/aromatic N) is 2. The molecule has 0 aliphatic carbocycles. The van der Waals surface area contributed by atoms with E-state index in [1.54, 1.807) is 24.5 Å². The van der Waals surface area contributed by atoms with Crippen LogP contribution < -0.4 is 5.32 Å². The standard InChI is InChI=1S/C14H21N3O/c1-11(2)12-5-9-17(10-6-12)14(18)16-13-3-7-15-8-4-13/h3-4,7-8,11-12H,5-6,9-10H2,1-2H3,(H,15,16,18). The molecule has 0 radical (unpaired) electrons. The van der Waals surface area contributed by atoms with Crippen LogP contribution in [0.15, 0.2) is 24.5 Å². The second kappa shape index (κ2) is 5.85. The molecule has 1 N–H and O–H groups in total. The molecule has 1 aromatic rings. The molecular weight excluding hydrogens is 226 g/mol. The highest BCUT2D eigenvalue weighted by Gasteiger charge is 2.24. The number of likely N-dealkylation sites (tertiary alicyclic amines) is 1. The molecule has 1 saturated heterocycles. The van der Waals surface area contributed by atoms with Crippen molar-refractivity contribution in [3.8, 4) is 0 Å². The lowest BCUT2D eigenvalue weighted by molar-refractivity contribution is 0.167. The minimum atomic E-state index is 0.00315. The van der Waals surface area contributed by atoms with Gasteiger partial charge in [-0.2, -0.15) is 0 Å². The largest absolute Gasteiger partial charge is 0.325 e. The van der Waals surface area contributed by atoms with Crippen LogP contribution in [0.25, 0.3) is 0 Å². The Morgan fingerprint density at radius 2 is 1.94 bits per heavy atom. The average molecular weight is 247 g/mol. The Balaban J connectivity index is 1.85. The van der Waals surface area contributed by atoms with E-state index in [9.17, 15) is 4.79 Å². The van der Waals surface area contributed by atoms with Crippen LogP contribution in [0.5, 0.6) is 0 Å². The molecule has 0 unspecified atom stereocenters. The fourth-order valence-electron chi connectivity index (χ4n) is 2.41. The summed E-state index contributed by atoms with van der Waals surface area (Å²) in [6.07, 6.45) is 5.59. The number of amides is 2. The van der Waals surface area contributed by atoms with Gasteiger partial charge in [0.25, 0.3) is 0 Å². The van der Waals surface area contributed by atoms with E-state index in [1.165, 1.54) is 0 Å². The smallest absolute Gasteiger partial charge is 0.321 e. The molecule has 1 aliphatic heterocycles. The first kappa shape index (κ1) is 12.9. The molecule has 0 saturated carbocycles. The molecule has 4 nitrogen and oxygen atoms in total. The molecule has 0 atom stereocenters. The van der Waals surface area contributed by atoms with E-state index in [0.29, 0.717) is 0 Å². The van der Waals surface area contributed by atoms with Crippen molar-refractivity contribution in [2.24, 2.45) is 11.8 Å². The number of hydrogen-bond acceptors (Lipinski definition) is 2. The molecule has 98 valence electrons. The summed E-state index contributed by atoms with van der Waals surface area (Å²) in [5, 5.41) is 2.90. The molecule has 0 spiro atoms. The fraction of sp³-hybridized carbons (Fsp3) is 0.571. The third-order valence-corrected chi connectivity index (χ3v) is 3.70. The van der Waals surface area contributed by atoms with Crippen molar-refractivity contribution in [1.29, 1.82) is 0 Å². The molecule has 0 aromatic carbocycles. The minimum Gasteiger partial charge on any atom is -0.325 e. The van der Waals surface area contributed by atoms with Gasteiger partial charge in [-0.1, -0.05) is 13.8 Å². The molecule has 2 rings (SSSR count). The van der Waals surface area contributed by atoms with Gasteiger partial charge in [0.1, 0.15) is 0 Å². The van der Waals surface area contributed by atoms with E-state index in [-0.39, 0.29) is 6.03 Å². The van der Waals surface area contributed by atoms with E-state index >= 15 is 0 Å². The Morgan fingerprint density at radius 3 is 2.50 bits per heavy atom. The summed E-state index contributed by atoms with van der Waals surface area (Å²) < 4.78 is 0. The molecule has 1 aliphatic rings. The van der Waals surface area contributed by atoms with Crippen molar-refractivity contribution < 1.29 is 4.79 Å². The van der Waals surface area contributed by atoms with Crippen molar-refractivity contribution in [2.75, 3.05) is 18.4 Å². The lowest BCUT2D eigenvalue weighted by atomic mass is 9.87. The first-order chi connectivity index (χ1) is 8.66. The zero-order valence-electron chi connectivity index (χ0n) is 11.1. The Bertz CT molecular complexity index is 383. The molecular formula is C14H21N3O. The summed E-state index contributed by atoms with van der Waals surface area (Å²) >= 11 is 0. The molecule has 0 bridgehead atoms. The Hall–Kier alpha value is -1.58. The van der Waals surface area contributed by atoms with Gasteiger partial charge in [-0.05, 0) is 36.8 Å². The van der Waals surface area contributed by atoms with E-state index in [4.69, 9.17) is 0 Å². The number of urea groups is 1. The number of piperidine rings is 1. The van der Waals surface area contributed by atoms with Gasteiger partial charge < -0.3 is 10.2 Å². The highest BCUT2D eigenvalue weighted by Crippen LogP contribution is 2.24. The van der Waals surface area contributed by atoms with Crippen molar-refractivity contribution in [1.82, 2.24) is 9.88 Å². The summed E-state index contributed by atoms with van der Waals surface area (Å²) in [6, 6.07) is 3.61. The summed E-state index contributed by atoms with van der Waals surface area (Å²) in [6.45, 7) is 6.24. The van der Waals surface area contributed by atoms with E-state index in [1.807, 2.05) is 4.90 Å². The number of rotatable bonds is 2. The molecule has 1 aromatic heterocycles. The maximum atomic E-state index is 12.0. The van der Waals surface area contributed by atoms with Crippen LogP contribution in [0, 0.1) is 11.8 Å². The number of carbonyl (C=O) groups excluding carboxylic acids is 1. The zero-order chi connectivity index (χ0) is 13.0. The predicted molar refractivity (Wildman–Crippen MR) is 72.4 cm³/mol. The zero-order valence-corrected chi connectivity index (χ0v) is 11.1. The fourth-order valence-corrected chi connectivity index (χ4v) is 2.41. The Kier molecular flexibility index (Phi) is 4.18. The monoisotopic (exact) mass is 247 g/mol.